The van der Waals surface area contributed by atoms with Crippen LogP contribution in [0.2, 0.25) is 0 Å². The van der Waals surface area contributed by atoms with Crippen molar-refractivity contribution in [2.45, 2.75) is 32.4 Å². The first-order valence-corrected chi connectivity index (χ1v) is 6.22. The quantitative estimate of drug-likeness (QED) is 0.794. The van der Waals surface area contributed by atoms with E-state index in [1.165, 1.54) is 6.92 Å². The zero-order valence-corrected chi connectivity index (χ0v) is 11.1. The maximum Gasteiger partial charge on any atom is 0.345 e. The van der Waals surface area contributed by atoms with E-state index in [0.29, 0.717) is 6.42 Å². The van der Waals surface area contributed by atoms with Crippen molar-refractivity contribution in [3.63, 3.8) is 0 Å². The summed E-state index contributed by atoms with van der Waals surface area (Å²) in [7, 11) is 0. The van der Waals surface area contributed by atoms with E-state index in [0.717, 1.165) is 5.56 Å². The van der Waals surface area contributed by atoms with Gasteiger partial charge in [0.15, 0.2) is 5.78 Å². The maximum absolute atomic E-state index is 12.0. The van der Waals surface area contributed by atoms with E-state index in [-0.39, 0.29) is 12.2 Å². The van der Waals surface area contributed by atoms with Crippen LogP contribution in [0.25, 0.3) is 0 Å². The zero-order chi connectivity index (χ0) is 15.0. The van der Waals surface area contributed by atoms with Crippen molar-refractivity contribution in [3.8, 4) is 0 Å². The van der Waals surface area contributed by atoms with Crippen molar-refractivity contribution in [1.82, 2.24) is 5.32 Å². The van der Waals surface area contributed by atoms with Gasteiger partial charge in [-0.1, -0.05) is 30.3 Å². The molecule has 0 aliphatic carbocycles. The van der Waals surface area contributed by atoms with Gasteiger partial charge < -0.3 is 10.1 Å². The molecule has 0 aromatic heterocycles. The lowest BCUT2D eigenvalue weighted by Crippen LogP contribution is -2.43. The Labute approximate surface area is 116 Å². The molecule has 0 spiro atoms. The minimum absolute atomic E-state index is 0.154. The van der Waals surface area contributed by atoms with E-state index < -0.39 is 25.2 Å². The third kappa shape index (κ3) is 6.38. The fourth-order valence-electron chi connectivity index (χ4n) is 1.72. The highest BCUT2D eigenvalue weighted by Crippen LogP contribution is 2.06. The Morgan fingerprint density at radius 3 is 2.45 bits per heavy atom. The van der Waals surface area contributed by atoms with Crippen LogP contribution in [0.1, 0.15) is 18.9 Å². The number of ether oxygens (including phenoxy) is 1. The van der Waals surface area contributed by atoms with Crippen LogP contribution in [0.15, 0.2) is 30.3 Å². The highest BCUT2D eigenvalue weighted by molar-refractivity contribution is 5.88. The minimum atomic E-state index is -2.96. The molecule has 0 saturated heterocycles. The highest BCUT2D eigenvalue weighted by Gasteiger charge is 2.21. The summed E-state index contributed by atoms with van der Waals surface area (Å²) in [6.45, 7) is -2.27. The zero-order valence-electron chi connectivity index (χ0n) is 11.1. The third-order valence-corrected chi connectivity index (χ3v) is 2.66. The van der Waals surface area contributed by atoms with Gasteiger partial charge >= 0.3 is 6.61 Å². The van der Waals surface area contributed by atoms with Crippen LogP contribution < -0.4 is 5.32 Å². The lowest BCUT2D eigenvalue weighted by molar-refractivity contribution is -0.145. The Hall–Kier alpha value is -1.82. The first kappa shape index (κ1) is 16.2. The molecule has 0 saturated carbocycles. The van der Waals surface area contributed by atoms with Crippen LogP contribution in [-0.4, -0.2) is 31.0 Å². The molecule has 1 aromatic rings. The van der Waals surface area contributed by atoms with Crippen LogP contribution in [0.3, 0.4) is 0 Å². The summed E-state index contributed by atoms with van der Waals surface area (Å²) in [6.07, 6.45) is 0.645. The van der Waals surface area contributed by atoms with Crippen molar-refractivity contribution in [2.75, 3.05) is 6.61 Å². The molecule has 1 aromatic carbocycles. The topological polar surface area (TPSA) is 55.4 Å². The number of alkyl halides is 2. The first-order valence-electron chi connectivity index (χ1n) is 6.22. The molecule has 20 heavy (non-hydrogen) atoms. The number of nitrogens with one attached hydrogen (secondary N) is 1. The van der Waals surface area contributed by atoms with Gasteiger partial charge in [-0.25, -0.2) is 0 Å². The second kappa shape index (κ2) is 8.37. The maximum atomic E-state index is 12.0. The van der Waals surface area contributed by atoms with E-state index >= 15 is 0 Å². The number of benzene rings is 1. The highest BCUT2D eigenvalue weighted by atomic mass is 19.3. The molecule has 0 aliphatic rings. The second-order valence-electron chi connectivity index (χ2n) is 4.30. The molecule has 6 heteroatoms. The van der Waals surface area contributed by atoms with Crippen molar-refractivity contribution >= 4 is 11.7 Å². The van der Waals surface area contributed by atoms with Gasteiger partial charge in [-0.2, -0.15) is 8.78 Å². The average Bonchev–Trinajstić information content (AvgIpc) is 2.41. The molecular formula is C14H17F2NO3. The van der Waals surface area contributed by atoms with E-state index in [1.54, 1.807) is 0 Å². The smallest absolute Gasteiger partial charge is 0.344 e. The predicted molar refractivity (Wildman–Crippen MR) is 69.3 cm³/mol. The van der Waals surface area contributed by atoms with E-state index in [2.05, 4.69) is 10.1 Å². The van der Waals surface area contributed by atoms with Crippen molar-refractivity contribution < 1.29 is 23.1 Å². The molecule has 1 atom stereocenters. The lowest BCUT2D eigenvalue weighted by Gasteiger charge is -2.16. The van der Waals surface area contributed by atoms with Gasteiger partial charge in [-0.05, 0) is 12.0 Å². The Morgan fingerprint density at radius 1 is 1.25 bits per heavy atom. The Morgan fingerprint density at radius 2 is 1.90 bits per heavy atom. The Balaban J connectivity index is 2.51. The summed E-state index contributed by atoms with van der Waals surface area (Å²) in [4.78, 5) is 22.9. The molecule has 0 fully saturated rings. The van der Waals surface area contributed by atoms with Crippen LogP contribution in [0, 0.1) is 0 Å². The van der Waals surface area contributed by atoms with Crippen LogP contribution >= 0.6 is 0 Å². The van der Waals surface area contributed by atoms with Crippen LogP contribution in [-0.2, 0) is 20.7 Å². The fraction of sp³-hybridized carbons (Fsp3) is 0.429. The molecule has 0 heterocycles. The predicted octanol–water partition coefficient (Wildman–Crippen LogP) is 1.93. The Bertz CT molecular complexity index is 437. The van der Waals surface area contributed by atoms with E-state index in [1.807, 2.05) is 30.3 Å². The number of carbonyl (C=O) groups excluding carboxylic acids is 2. The number of ketones is 1. The van der Waals surface area contributed by atoms with E-state index in [4.69, 9.17) is 0 Å². The summed E-state index contributed by atoms with van der Waals surface area (Å²) < 4.78 is 28.1. The number of halogens is 2. The molecule has 110 valence electrons. The summed E-state index contributed by atoms with van der Waals surface area (Å²) in [5.41, 5.74) is 0.970. The second-order valence-corrected chi connectivity index (χ2v) is 4.30. The number of Topliss-reactive ketones (excluding diaryl/α,β-unsaturated/α-hetero) is 1. The molecule has 4 nitrogen and oxygen atoms in total. The molecule has 0 aliphatic heterocycles. The van der Waals surface area contributed by atoms with Gasteiger partial charge in [0.05, 0.1) is 6.61 Å². The summed E-state index contributed by atoms with van der Waals surface area (Å²) >= 11 is 0. The minimum Gasteiger partial charge on any atom is -0.344 e. The third-order valence-electron chi connectivity index (χ3n) is 2.66. The first-order chi connectivity index (χ1) is 9.49. The molecule has 0 bridgehead atoms. The van der Waals surface area contributed by atoms with Crippen LogP contribution in [0.4, 0.5) is 8.78 Å². The normalized spacial score (nSPS) is 12.2. The van der Waals surface area contributed by atoms with E-state index in [9.17, 15) is 18.4 Å². The van der Waals surface area contributed by atoms with Gasteiger partial charge in [0.25, 0.3) is 0 Å². The summed E-state index contributed by atoms with van der Waals surface area (Å²) in [6, 6.07) is 8.27. The number of hydrogen-bond acceptors (Lipinski definition) is 3. The summed E-state index contributed by atoms with van der Waals surface area (Å²) in [5.74, 6) is -0.786. The lowest BCUT2D eigenvalue weighted by atomic mass is 10.0. The summed E-state index contributed by atoms with van der Waals surface area (Å²) in [5, 5.41) is 2.32. The van der Waals surface area contributed by atoms with Crippen LogP contribution in [0.5, 0.6) is 0 Å². The van der Waals surface area contributed by atoms with Crippen molar-refractivity contribution in [1.29, 1.82) is 0 Å². The number of rotatable bonds is 8. The SMILES string of the molecule is CC(=O)NC(COC(F)F)C(=O)CCc1ccccc1. The Kier molecular flexibility index (Phi) is 6.79. The molecule has 1 unspecified atom stereocenters. The standard InChI is InChI=1S/C14H17F2NO3/c1-10(18)17-12(9-20-14(15)16)13(19)8-7-11-5-3-2-4-6-11/h2-6,12,14H,7-9H2,1H3,(H,17,18). The fourth-order valence-corrected chi connectivity index (χ4v) is 1.72. The number of amides is 1. The molecular weight excluding hydrogens is 268 g/mol. The van der Waals surface area contributed by atoms with Gasteiger partial charge in [0, 0.05) is 13.3 Å². The number of aryl methyl sites for hydroxylation is 1. The monoisotopic (exact) mass is 285 g/mol. The molecule has 0 radical (unpaired) electrons. The van der Waals surface area contributed by atoms with Crippen molar-refractivity contribution in [2.24, 2.45) is 0 Å². The van der Waals surface area contributed by atoms with Gasteiger partial charge in [-0.3, -0.25) is 9.59 Å². The molecule has 1 rings (SSSR count). The number of hydrogen-bond donors (Lipinski definition) is 1. The largest absolute Gasteiger partial charge is 0.345 e. The molecule has 1 N–H and O–H groups in total. The van der Waals surface area contributed by atoms with Crippen molar-refractivity contribution in [3.05, 3.63) is 35.9 Å². The average molecular weight is 285 g/mol. The van der Waals surface area contributed by atoms with Gasteiger partial charge in [-0.15, -0.1) is 0 Å². The number of carbonyl (C=O) groups is 2. The van der Waals surface area contributed by atoms with Gasteiger partial charge in [0.1, 0.15) is 6.04 Å². The molecule has 1 amide bonds. The van der Waals surface area contributed by atoms with Gasteiger partial charge in [0.2, 0.25) is 5.91 Å².